The van der Waals surface area contributed by atoms with Crippen molar-refractivity contribution in [1.29, 1.82) is 0 Å². The minimum Gasteiger partial charge on any atom is -0.480 e. The summed E-state index contributed by atoms with van der Waals surface area (Å²) in [6.45, 7) is 2.94. The monoisotopic (exact) mass is 241 g/mol. The highest BCUT2D eigenvalue weighted by atomic mass is 16.5. The number of hydrogen-bond acceptors (Lipinski definition) is 3. The lowest BCUT2D eigenvalue weighted by molar-refractivity contribution is -0.150. The van der Waals surface area contributed by atoms with Gasteiger partial charge in [-0.1, -0.05) is 6.92 Å². The number of carboxylic acid groups (broad SMARTS) is 1. The fraction of sp³-hybridized carbons (Fsp3) is 0.833. The molecule has 2 aliphatic rings. The molecule has 0 bridgehead atoms. The number of carboxylic acids is 1. The lowest BCUT2D eigenvalue weighted by Crippen LogP contribution is -2.44. The normalized spacial score (nSPS) is 28.1. The highest BCUT2D eigenvalue weighted by molar-refractivity contribution is 5.85. The van der Waals surface area contributed by atoms with Gasteiger partial charge in [0.1, 0.15) is 12.6 Å². The third kappa shape index (κ3) is 3.19. The lowest BCUT2D eigenvalue weighted by atomic mass is 10.0. The molecule has 1 N–H and O–H groups in total. The first-order valence-electron chi connectivity index (χ1n) is 6.20. The van der Waals surface area contributed by atoms with Gasteiger partial charge in [-0.3, -0.25) is 9.59 Å². The predicted molar refractivity (Wildman–Crippen MR) is 60.5 cm³/mol. The molecule has 2 fully saturated rings. The molecule has 5 nitrogen and oxygen atoms in total. The van der Waals surface area contributed by atoms with Crippen molar-refractivity contribution >= 4 is 11.9 Å². The zero-order valence-electron chi connectivity index (χ0n) is 10.1. The van der Waals surface area contributed by atoms with E-state index in [4.69, 9.17) is 9.84 Å². The van der Waals surface area contributed by atoms with Crippen LogP contribution < -0.4 is 0 Å². The Labute approximate surface area is 101 Å². The largest absolute Gasteiger partial charge is 0.480 e. The summed E-state index contributed by atoms with van der Waals surface area (Å²) in [6, 6.07) is 0. The van der Waals surface area contributed by atoms with Crippen LogP contribution in [-0.4, -0.2) is 47.7 Å². The van der Waals surface area contributed by atoms with Gasteiger partial charge in [0.15, 0.2) is 0 Å². The highest BCUT2D eigenvalue weighted by Gasteiger charge is 2.36. The minimum absolute atomic E-state index is 0.149. The van der Waals surface area contributed by atoms with E-state index in [0.717, 1.165) is 19.3 Å². The van der Waals surface area contributed by atoms with E-state index in [9.17, 15) is 9.59 Å². The standard InChI is InChI=1S/C12H19NO4/c1-8-4-5-17-11(8)12(16)13(7-10(14)15)6-9-2-3-9/h8-9,11H,2-7H2,1H3,(H,14,15). The van der Waals surface area contributed by atoms with Crippen LogP contribution in [0.4, 0.5) is 0 Å². The maximum atomic E-state index is 12.2. The molecule has 17 heavy (non-hydrogen) atoms. The van der Waals surface area contributed by atoms with Gasteiger partial charge in [0.2, 0.25) is 0 Å². The first-order chi connectivity index (χ1) is 8.08. The van der Waals surface area contributed by atoms with Gasteiger partial charge in [0, 0.05) is 13.2 Å². The molecule has 1 amide bonds. The van der Waals surface area contributed by atoms with Crippen LogP contribution >= 0.6 is 0 Å². The van der Waals surface area contributed by atoms with Gasteiger partial charge in [0.05, 0.1) is 0 Å². The zero-order valence-corrected chi connectivity index (χ0v) is 10.1. The Morgan fingerprint density at radius 2 is 2.06 bits per heavy atom. The highest BCUT2D eigenvalue weighted by Crippen LogP contribution is 2.31. The van der Waals surface area contributed by atoms with Crippen molar-refractivity contribution in [2.24, 2.45) is 11.8 Å². The summed E-state index contributed by atoms with van der Waals surface area (Å²) in [5, 5.41) is 8.84. The van der Waals surface area contributed by atoms with Crippen LogP contribution in [0.5, 0.6) is 0 Å². The SMILES string of the molecule is CC1CCOC1C(=O)N(CC(=O)O)CC1CC1. The van der Waals surface area contributed by atoms with E-state index in [1.54, 1.807) is 0 Å². The van der Waals surface area contributed by atoms with Crippen LogP contribution in [0.1, 0.15) is 26.2 Å². The van der Waals surface area contributed by atoms with Gasteiger partial charge in [-0.15, -0.1) is 0 Å². The number of rotatable bonds is 5. The molecule has 1 aliphatic carbocycles. The van der Waals surface area contributed by atoms with E-state index in [2.05, 4.69) is 0 Å². The molecular formula is C12H19NO4. The molecule has 96 valence electrons. The first kappa shape index (κ1) is 12.4. The van der Waals surface area contributed by atoms with Crippen LogP contribution in [0, 0.1) is 11.8 Å². The smallest absolute Gasteiger partial charge is 0.323 e. The van der Waals surface area contributed by atoms with Crippen LogP contribution in [0.3, 0.4) is 0 Å². The maximum absolute atomic E-state index is 12.2. The van der Waals surface area contributed by atoms with E-state index < -0.39 is 12.1 Å². The average molecular weight is 241 g/mol. The molecule has 1 heterocycles. The molecule has 2 atom stereocenters. The average Bonchev–Trinajstić information content (AvgIpc) is 2.97. The number of carbonyl (C=O) groups is 2. The van der Waals surface area contributed by atoms with E-state index in [0.29, 0.717) is 19.1 Å². The maximum Gasteiger partial charge on any atom is 0.323 e. The van der Waals surface area contributed by atoms with Crippen LogP contribution in [0.2, 0.25) is 0 Å². The van der Waals surface area contributed by atoms with Crippen LogP contribution in [-0.2, 0) is 14.3 Å². The molecule has 2 rings (SSSR count). The van der Waals surface area contributed by atoms with Gasteiger partial charge >= 0.3 is 5.97 Å². The third-order valence-corrected chi connectivity index (χ3v) is 3.44. The van der Waals surface area contributed by atoms with Gasteiger partial charge < -0.3 is 14.7 Å². The summed E-state index contributed by atoms with van der Waals surface area (Å²) in [6.07, 6.45) is 2.64. The number of ether oxygens (including phenoxy) is 1. The number of amides is 1. The van der Waals surface area contributed by atoms with Gasteiger partial charge in [-0.25, -0.2) is 0 Å². The molecule has 0 radical (unpaired) electrons. The van der Waals surface area contributed by atoms with Crippen molar-refractivity contribution in [3.63, 3.8) is 0 Å². The van der Waals surface area contributed by atoms with Gasteiger partial charge in [-0.2, -0.15) is 0 Å². The third-order valence-electron chi connectivity index (χ3n) is 3.44. The second-order valence-electron chi connectivity index (χ2n) is 5.11. The molecule has 2 unspecified atom stereocenters. The second-order valence-corrected chi connectivity index (χ2v) is 5.11. The lowest BCUT2D eigenvalue weighted by Gasteiger charge is -2.25. The van der Waals surface area contributed by atoms with Crippen LogP contribution in [0.15, 0.2) is 0 Å². The molecule has 5 heteroatoms. The minimum atomic E-state index is -0.954. The van der Waals surface area contributed by atoms with E-state index in [1.807, 2.05) is 6.92 Å². The summed E-state index contributed by atoms with van der Waals surface area (Å²) in [5.41, 5.74) is 0. The zero-order chi connectivity index (χ0) is 12.4. The molecular weight excluding hydrogens is 222 g/mol. The topological polar surface area (TPSA) is 66.8 Å². The van der Waals surface area contributed by atoms with Crippen molar-refractivity contribution in [2.75, 3.05) is 19.7 Å². The van der Waals surface area contributed by atoms with Gasteiger partial charge in [-0.05, 0) is 31.1 Å². The van der Waals surface area contributed by atoms with Crippen molar-refractivity contribution in [3.05, 3.63) is 0 Å². The Hall–Kier alpha value is -1.10. The van der Waals surface area contributed by atoms with Crippen molar-refractivity contribution in [1.82, 2.24) is 4.90 Å². The molecule has 1 saturated heterocycles. The molecule has 1 saturated carbocycles. The number of aliphatic carboxylic acids is 1. The summed E-state index contributed by atoms with van der Waals surface area (Å²) in [7, 11) is 0. The summed E-state index contributed by atoms with van der Waals surface area (Å²) in [5.74, 6) is -0.415. The summed E-state index contributed by atoms with van der Waals surface area (Å²) in [4.78, 5) is 24.4. The molecule has 0 aromatic carbocycles. The molecule has 0 aromatic rings. The summed E-state index contributed by atoms with van der Waals surface area (Å²) < 4.78 is 5.41. The Balaban J connectivity index is 1.97. The molecule has 0 aromatic heterocycles. The van der Waals surface area contributed by atoms with E-state index in [-0.39, 0.29) is 18.4 Å². The van der Waals surface area contributed by atoms with Crippen molar-refractivity contribution in [2.45, 2.75) is 32.3 Å². The molecule has 0 spiro atoms. The Morgan fingerprint density at radius 3 is 2.53 bits per heavy atom. The van der Waals surface area contributed by atoms with E-state index >= 15 is 0 Å². The number of carbonyl (C=O) groups excluding carboxylic acids is 1. The predicted octanol–water partition coefficient (Wildman–Crippen LogP) is 0.735. The first-order valence-corrected chi connectivity index (χ1v) is 6.20. The fourth-order valence-electron chi connectivity index (χ4n) is 2.20. The Kier molecular flexibility index (Phi) is 3.66. The summed E-state index contributed by atoms with van der Waals surface area (Å²) >= 11 is 0. The van der Waals surface area contributed by atoms with E-state index in [1.165, 1.54) is 4.90 Å². The second kappa shape index (κ2) is 5.04. The Morgan fingerprint density at radius 1 is 1.35 bits per heavy atom. The van der Waals surface area contributed by atoms with Crippen molar-refractivity contribution < 1.29 is 19.4 Å². The molecule has 1 aliphatic heterocycles. The van der Waals surface area contributed by atoms with Crippen molar-refractivity contribution in [3.8, 4) is 0 Å². The number of hydrogen-bond donors (Lipinski definition) is 1. The quantitative estimate of drug-likeness (QED) is 0.770. The van der Waals surface area contributed by atoms with Gasteiger partial charge in [0.25, 0.3) is 5.91 Å². The number of nitrogens with zero attached hydrogens (tertiary/aromatic N) is 1. The fourth-order valence-corrected chi connectivity index (χ4v) is 2.20. The Bertz CT molecular complexity index is 314. The van der Waals surface area contributed by atoms with Crippen LogP contribution in [0.25, 0.3) is 0 Å².